The zero-order chi connectivity index (χ0) is 14.0. The van der Waals surface area contributed by atoms with Crippen LogP contribution < -0.4 is 10.6 Å². The number of nitrogens with zero attached hydrogens (tertiary/aromatic N) is 1. The topological polar surface area (TPSA) is 29.3 Å². The second-order valence-electron chi connectivity index (χ2n) is 6.95. The molecule has 2 N–H and O–H groups in total. The summed E-state index contributed by atoms with van der Waals surface area (Å²) >= 11 is 0. The van der Waals surface area contributed by atoms with Crippen molar-refractivity contribution in [2.75, 3.05) is 24.5 Å². The van der Waals surface area contributed by atoms with Crippen molar-refractivity contribution in [3.05, 3.63) is 29.3 Å². The molecule has 1 aliphatic rings. The highest BCUT2D eigenvalue weighted by Gasteiger charge is 2.31. The average Bonchev–Trinajstić information content (AvgIpc) is 2.81. The monoisotopic (exact) mass is 260 g/mol. The van der Waals surface area contributed by atoms with Crippen LogP contribution in [0.1, 0.15) is 38.3 Å². The largest absolute Gasteiger partial charge is 0.371 e. The second-order valence-corrected chi connectivity index (χ2v) is 6.95. The molecule has 1 aromatic rings. The lowest BCUT2D eigenvalue weighted by atomic mass is 9.80. The maximum absolute atomic E-state index is 5.65. The second kappa shape index (κ2) is 5.54. The van der Waals surface area contributed by atoms with Gasteiger partial charge in [-0.05, 0) is 60.9 Å². The number of hydrogen-bond acceptors (Lipinski definition) is 2. The Morgan fingerprint density at radius 3 is 2.58 bits per heavy atom. The lowest BCUT2D eigenvalue weighted by Gasteiger charge is -2.27. The van der Waals surface area contributed by atoms with Gasteiger partial charge in [-0.25, -0.2) is 0 Å². The Hall–Kier alpha value is -1.02. The molecule has 1 fully saturated rings. The number of aryl methyl sites for hydroxylation is 1. The van der Waals surface area contributed by atoms with Crippen molar-refractivity contribution in [1.29, 1.82) is 0 Å². The van der Waals surface area contributed by atoms with Gasteiger partial charge in [0.25, 0.3) is 0 Å². The van der Waals surface area contributed by atoms with Crippen molar-refractivity contribution in [3.63, 3.8) is 0 Å². The molecule has 0 bridgehead atoms. The Kier molecular flexibility index (Phi) is 4.19. The molecular formula is C17H28N2. The first-order chi connectivity index (χ1) is 8.91. The molecule has 0 aliphatic carbocycles. The Balaban J connectivity index is 2.10. The molecule has 0 aromatic heterocycles. The summed E-state index contributed by atoms with van der Waals surface area (Å²) in [7, 11) is 0. The van der Waals surface area contributed by atoms with Crippen LogP contribution in [-0.2, 0) is 6.42 Å². The van der Waals surface area contributed by atoms with E-state index in [-0.39, 0.29) is 0 Å². The molecule has 1 aliphatic heterocycles. The maximum atomic E-state index is 5.65. The van der Waals surface area contributed by atoms with Crippen LogP contribution in [0.3, 0.4) is 0 Å². The van der Waals surface area contributed by atoms with Crippen LogP contribution in [0.4, 0.5) is 5.69 Å². The first kappa shape index (κ1) is 14.4. The summed E-state index contributed by atoms with van der Waals surface area (Å²) in [6.45, 7) is 12.4. The SMILES string of the molecule is Cc1cc(N2CCC(C(C)(C)C)C2)ccc1CCN. The predicted octanol–water partition coefficient (Wildman–Crippen LogP) is 3.37. The molecule has 106 valence electrons. The van der Waals surface area contributed by atoms with Gasteiger partial charge in [-0.3, -0.25) is 0 Å². The van der Waals surface area contributed by atoms with Gasteiger partial charge in [-0.1, -0.05) is 26.8 Å². The van der Waals surface area contributed by atoms with Crippen LogP contribution in [0.25, 0.3) is 0 Å². The summed E-state index contributed by atoms with van der Waals surface area (Å²) in [5, 5.41) is 0. The standard InChI is InChI=1S/C17H28N2/c1-13-11-16(6-5-14(13)7-9-18)19-10-8-15(12-19)17(2,3)4/h5-6,11,15H,7-10,12,18H2,1-4H3. The van der Waals surface area contributed by atoms with Crippen molar-refractivity contribution in [3.8, 4) is 0 Å². The van der Waals surface area contributed by atoms with E-state index in [2.05, 4.69) is 50.8 Å². The van der Waals surface area contributed by atoms with Crippen LogP contribution >= 0.6 is 0 Å². The van der Waals surface area contributed by atoms with E-state index in [1.807, 2.05) is 0 Å². The van der Waals surface area contributed by atoms with Gasteiger partial charge in [0.2, 0.25) is 0 Å². The van der Waals surface area contributed by atoms with Gasteiger partial charge in [-0.2, -0.15) is 0 Å². The molecule has 19 heavy (non-hydrogen) atoms. The third-order valence-corrected chi connectivity index (χ3v) is 4.52. The number of rotatable bonds is 3. The minimum absolute atomic E-state index is 0.420. The molecule has 1 heterocycles. The van der Waals surface area contributed by atoms with Crippen LogP contribution in [0, 0.1) is 18.3 Å². The van der Waals surface area contributed by atoms with Gasteiger partial charge >= 0.3 is 0 Å². The Morgan fingerprint density at radius 1 is 1.32 bits per heavy atom. The van der Waals surface area contributed by atoms with Gasteiger partial charge in [0.1, 0.15) is 0 Å². The first-order valence-electron chi connectivity index (χ1n) is 7.46. The molecule has 1 saturated heterocycles. The highest BCUT2D eigenvalue weighted by atomic mass is 15.2. The van der Waals surface area contributed by atoms with E-state index in [1.165, 1.54) is 36.3 Å². The molecule has 1 atom stereocenters. The third kappa shape index (κ3) is 3.30. The minimum atomic E-state index is 0.420. The fourth-order valence-electron chi connectivity index (χ4n) is 3.01. The molecule has 2 rings (SSSR count). The summed E-state index contributed by atoms with van der Waals surface area (Å²) in [6.07, 6.45) is 2.30. The lowest BCUT2D eigenvalue weighted by Crippen LogP contribution is -2.25. The zero-order valence-electron chi connectivity index (χ0n) is 12.9. The summed E-state index contributed by atoms with van der Waals surface area (Å²) in [6, 6.07) is 6.85. The van der Waals surface area contributed by atoms with Crippen molar-refractivity contribution < 1.29 is 0 Å². The molecule has 2 nitrogen and oxygen atoms in total. The van der Waals surface area contributed by atoms with E-state index < -0.39 is 0 Å². The molecule has 1 unspecified atom stereocenters. The molecule has 0 saturated carbocycles. The first-order valence-corrected chi connectivity index (χ1v) is 7.46. The van der Waals surface area contributed by atoms with Gasteiger partial charge in [0.15, 0.2) is 0 Å². The summed E-state index contributed by atoms with van der Waals surface area (Å²) in [5.74, 6) is 0.802. The van der Waals surface area contributed by atoms with Crippen LogP contribution in [-0.4, -0.2) is 19.6 Å². The minimum Gasteiger partial charge on any atom is -0.371 e. The molecule has 0 radical (unpaired) electrons. The van der Waals surface area contributed by atoms with E-state index >= 15 is 0 Å². The zero-order valence-corrected chi connectivity index (χ0v) is 12.9. The van der Waals surface area contributed by atoms with E-state index in [1.54, 1.807) is 0 Å². The van der Waals surface area contributed by atoms with E-state index in [9.17, 15) is 0 Å². The van der Waals surface area contributed by atoms with Gasteiger partial charge < -0.3 is 10.6 Å². The quantitative estimate of drug-likeness (QED) is 0.903. The summed E-state index contributed by atoms with van der Waals surface area (Å²) in [4.78, 5) is 2.54. The smallest absolute Gasteiger partial charge is 0.0369 e. The molecule has 0 spiro atoms. The Bertz CT molecular complexity index is 431. The van der Waals surface area contributed by atoms with Crippen molar-refractivity contribution >= 4 is 5.69 Å². The molecule has 1 aromatic carbocycles. The summed E-state index contributed by atoms with van der Waals surface area (Å²) in [5.41, 5.74) is 10.2. The number of nitrogens with two attached hydrogens (primary N) is 1. The predicted molar refractivity (Wildman–Crippen MR) is 83.7 cm³/mol. The van der Waals surface area contributed by atoms with Crippen molar-refractivity contribution in [1.82, 2.24) is 0 Å². The number of benzene rings is 1. The van der Waals surface area contributed by atoms with Gasteiger partial charge in [0.05, 0.1) is 0 Å². The number of hydrogen-bond donors (Lipinski definition) is 1. The fourth-order valence-corrected chi connectivity index (χ4v) is 3.01. The van der Waals surface area contributed by atoms with E-state index in [4.69, 9.17) is 5.73 Å². The Morgan fingerprint density at radius 2 is 2.05 bits per heavy atom. The highest BCUT2D eigenvalue weighted by molar-refractivity contribution is 5.51. The maximum Gasteiger partial charge on any atom is 0.0369 e. The van der Waals surface area contributed by atoms with Gasteiger partial charge in [0, 0.05) is 18.8 Å². The van der Waals surface area contributed by atoms with Crippen LogP contribution in [0.5, 0.6) is 0 Å². The number of anilines is 1. The highest BCUT2D eigenvalue weighted by Crippen LogP contribution is 2.35. The Labute approximate surface area is 118 Å². The average molecular weight is 260 g/mol. The van der Waals surface area contributed by atoms with E-state index in [0.717, 1.165) is 18.9 Å². The molecular weight excluding hydrogens is 232 g/mol. The van der Waals surface area contributed by atoms with Gasteiger partial charge in [-0.15, -0.1) is 0 Å². The molecule has 0 amide bonds. The molecule has 2 heteroatoms. The van der Waals surface area contributed by atoms with E-state index in [0.29, 0.717) is 5.41 Å². The normalized spacial score (nSPS) is 20.1. The summed E-state index contributed by atoms with van der Waals surface area (Å²) < 4.78 is 0. The lowest BCUT2D eigenvalue weighted by molar-refractivity contribution is 0.263. The van der Waals surface area contributed by atoms with Crippen LogP contribution in [0.2, 0.25) is 0 Å². The van der Waals surface area contributed by atoms with Crippen LogP contribution in [0.15, 0.2) is 18.2 Å². The third-order valence-electron chi connectivity index (χ3n) is 4.52. The van der Waals surface area contributed by atoms with Crippen molar-refractivity contribution in [2.24, 2.45) is 17.1 Å². The fraction of sp³-hybridized carbons (Fsp3) is 0.647. The van der Waals surface area contributed by atoms with Crippen molar-refractivity contribution in [2.45, 2.75) is 40.5 Å².